The van der Waals surface area contributed by atoms with Crippen LogP contribution >= 0.6 is 0 Å². The van der Waals surface area contributed by atoms with Crippen LogP contribution in [0.1, 0.15) is 37.8 Å². The Labute approximate surface area is 192 Å². The van der Waals surface area contributed by atoms with Gasteiger partial charge in [0.05, 0.1) is 17.6 Å². The summed E-state index contributed by atoms with van der Waals surface area (Å²) in [5.74, 6) is 1.35. The number of anilines is 2. The summed E-state index contributed by atoms with van der Waals surface area (Å²) in [6.45, 7) is 2.20. The van der Waals surface area contributed by atoms with Gasteiger partial charge in [-0.3, -0.25) is 14.6 Å². The van der Waals surface area contributed by atoms with Crippen molar-refractivity contribution in [1.29, 1.82) is 0 Å². The molecule has 1 aliphatic carbocycles. The number of hydrogen-bond donors (Lipinski definition) is 1. The molecule has 3 aromatic rings. The molecule has 2 aliphatic heterocycles. The number of pyridine rings is 2. The molecule has 5 heterocycles. The van der Waals surface area contributed by atoms with Gasteiger partial charge in [0, 0.05) is 62.0 Å². The minimum atomic E-state index is 0.0481. The highest BCUT2D eigenvalue weighted by Crippen LogP contribution is 2.33. The van der Waals surface area contributed by atoms with Gasteiger partial charge in [0.25, 0.3) is 0 Å². The van der Waals surface area contributed by atoms with Crippen molar-refractivity contribution in [3.63, 3.8) is 0 Å². The van der Waals surface area contributed by atoms with E-state index in [0.29, 0.717) is 24.7 Å². The number of amides is 2. The predicted octanol–water partition coefficient (Wildman–Crippen LogP) is 3.45. The Morgan fingerprint density at radius 1 is 1.09 bits per heavy atom. The summed E-state index contributed by atoms with van der Waals surface area (Å²) in [4.78, 5) is 36.2. The summed E-state index contributed by atoms with van der Waals surface area (Å²) in [6.07, 6.45) is 10.9. The van der Waals surface area contributed by atoms with Crippen LogP contribution in [0.5, 0.6) is 0 Å². The Hall–Kier alpha value is -3.26. The van der Waals surface area contributed by atoms with Crippen LogP contribution in [0.3, 0.4) is 0 Å². The Bertz CT molecular complexity index is 1230. The number of nitrogens with zero attached hydrogens (tertiary/aromatic N) is 4. The van der Waals surface area contributed by atoms with E-state index in [0.717, 1.165) is 73.5 Å². The molecule has 2 amide bonds. The van der Waals surface area contributed by atoms with Crippen LogP contribution in [0.4, 0.5) is 11.5 Å². The lowest BCUT2D eigenvalue weighted by Gasteiger charge is -2.24. The molecule has 0 aromatic carbocycles. The Kier molecular flexibility index (Phi) is 5.10. The van der Waals surface area contributed by atoms with Crippen molar-refractivity contribution < 1.29 is 14.3 Å². The predicted molar refractivity (Wildman–Crippen MR) is 124 cm³/mol. The second-order valence-corrected chi connectivity index (χ2v) is 9.32. The molecular formula is C25H27N5O3. The molecule has 33 heavy (non-hydrogen) atoms. The van der Waals surface area contributed by atoms with Crippen molar-refractivity contribution in [3.8, 4) is 11.1 Å². The van der Waals surface area contributed by atoms with Crippen LogP contribution < -0.4 is 10.2 Å². The van der Waals surface area contributed by atoms with Crippen molar-refractivity contribution in [3.05, 3.63) is 42.5 Å². The number of rotatable bonds is 5. The van der Waals surface area contributed by atoms with Gasteiger partial charge in [-0.2, -0.15) is 0 Å². The molecule has 1 saturated carbocycles. The minimum absolute atomic E-state index is 0.0481. The lowest BCUT2D eigenvalue weighted by Crippen LogP contribution is -2.32. The molecule has 0 unspecified atom stereocenters. The van der Waals surface area contributed by atoms with Crippen molar-refractivity contribution in [2.24, 2.45) is 11.8 Å². The highest BCUT2D eigenvalue weighted by atomic mass is 16.5. The van der Waals surface area contributed by atoms with Crippen LogP contribution in [0.15, 0.2) is 36.8 Å². The van der Waals surface area contributed by atoms with E-state index < -0.39 is 0 Å². The maximum absolute atomic E-state index is 13.1. The summed E-state index contributed by atoms with van der Waals surface area (Å²) in [5.41, 5.74) is 4.62. The molecule has 1 N–H and O–H groups in total. The zero-order chi connectivity index (χ0) is 22.4. The third kappa shape index (κ3) is 4.11. The molecule has 6 rings (SSSR count). The Morgan fingerprint density at radius 3 is 2.76 bits per heavy atom. The molecule has 8 heteroatoms. The molecule has 8 nitrogen and oxygen atoms in total. The van der Waals surface area contributed by atoms with Crippen LogP contribution in [-0.4, -0.2) is 45.9 Å². The standard InChI is InChI=1S/C25H27N5O3/c31-24(11-16-6-9-33-10-7-16)30-8-5-20-21(30)12-19(13-26-20)18-3-4-23-27-22(15-29(23)14-18)28-25(32)17-1-2-17/h3-4,12-17H,1-2,5-11H2,(H,28,32). The summed E-state index contributed by atoms with van der Waals surface area (Å²) < 4.78 is 7.35. The van der Waals surface area contributed by atoms with Crippen LogP contribution in [0.25, 0.3) is 16.8 Å². The van der Waals surface area contributed by atoms with Crippen molar-refractivity contribution >= 4 is 29.0 Å². The lowest BCUT2D eigenvalue weighted by molar-refractivity contribution is -0.120. The highest BCUT2D eigenvalue weighted by Gasteiger charge is 2.30. The van der Waals surface area contributed by atoms with Gasteiger partial charge >= 0.3 is 0 Å². The molecule has 1 saturated heterocycles. The molecule has 170 valence electrons. The van der Waals surface area contributed by atoms with E-state index in [1.165, 1.54) is 0 Å². The van der Waals surface area contributed by atoms with E-state index in [2.05, 4.69) is 21.4 Å². The molecule has 3 aliphatic rings. The Morgan fingerprint density at radius 2 is 1.94 bits per heavy atom. The lowest BCUT2D eigenvalue weighted by atomic mass is 9.96. The first kappa shape index (κ1) is 20.4. The maximum Gasteiger partial charge on any atom is 0.228 e. The third-order valence-corrected chi connectivity index (χ3v) is 6.90. The monoisotopic (exact) mass is 445 g/mol. The quantitative estimate of drug-likeness (QED) is 0.650. The van der Waals surface area contributed by atoms with Crippen LogP contribution in [0, 0.1) is 11.8 Å². The van der Waals surface area contributed by atoms with Gasteiger partial charge in [-0.25, -0.2) is 4.98 Å². The summed E-state index contributed by atoms with van der Waals surface area (Å²) in [5, 5.41) is 2.90. The van der Waals surface area contributed by atoms with Gasteiger partial charge in [-0.15, -0.1) is 0 Å². The average molecular weight is 446 g/mol. The van der Waals surface area contributed by atoms with Crippen molar-refractivity contribution in [2.45, 2.75) is 38.5 Å². The first-order valence-electron chi connectivity index (χ1n) is 11.8. The molecule has 0 radical (unpaired) electrons. The van der Waals surface area contributed by atoms with Gasteiger partial charge in [0.2, 0.25) is 11.8 Å². The van der Waals surface area contributed by atoms with Crippen molar-refractivity contribution in [1.82, 2.24) is 14.4 Å². The zero-order valence-electron chi connectivity index (χ0n) is 18.5. The number of carbonyl (C=O) groups excluding carboxylic acids is 2. The van der Waals surface area contributed by atoms with Crippen LogP contribution in [-0.2, 0) is 20.7 Å². The summed E-state index contributed by atoms with van der Waals surface area (Å²) in [7, 11) is 0. The molecule has 2 fully saturated rings. The van der Waals surface area contributed by atoms with Gasteiger partial charge in [-0.05, 0) is 49.8 Å². The molecule has 0 atom stereocenters. The van der Waals surface area contributed by atoms with E-state index in [9.17, 15) is 9.59 Å². The van der Waals surface area contributed by atoms with Crippen molar-refractivity contribution in [2.75, 3.05) is 30.0 Å². The largest absolute Gasteiger partial charge is 0.381 e. The SMILES string of the molecule is O=C(Nc1cn2cc(-c3cnc4c(c3)N(C(=O)CC3CCOCC3)CC4)ccc2n1)C1CC1. The second-order valence-electron chi connectivity index (χ2n) is 9.32. The smallest absolute Gasteiger partial charge is 0.228 e. The molecule has 0 bridgehead atoms. The van der Waals surface area contributed by atoms with E-state index in [1.54, 1.807) is 0 Å². The molecular weight excluding hydrogens is 418 g/mol. The van der Waals surface area contributed by atoms with E-state index >= 15 is 0 Å². The number of nitrogens with one attached hydrogen (secondary N) is 1. The highest BCUT2D eigenvalue weighted by molar-refractivity contribution is 5.96. The van der Waals surface area contributed by atoms with E-state index in [1.807, 2.05) is 40.0 Å². The number of aromatic nitrogens is 3. The van der Waals surface area contributed by atoms with E-state index in [4.69, 9.17) is 4.74 Å². The van der Waals surface area contributed by atoms with Crippen LogP contribution in [0.2, 0.25) is 0 Å². The van der Waals surface area contributed by atoms with Gasteiger partial charge in [0.1, 0.15) is 5.65 Å². The molecule has 0 spiro atoms. The number of ether oxygens (including phenoxy) is 1. The summed E-state index contributed by atoms with van der Waals surface area (Å²) >= 11 is 0. The topological polar surface area (TPSA) is 88.8 Å². The minimum Gasteiger partial charge on any atom is -0.381 e. The number of carbonyl (C=O) groups is 2. The average Bonchev–Trinajstić information content (AvgIpc) is 3.48. The fraction of sp³-hybridized carbons (Fsp3) is 0.440. The second kappa shape index (κ2) is 8.26. The zero-order valence-corrected chi connectivity index (χ0v) is 18.5. The summed E-state index contributed by atoms with van der Waals surface area (Å²) in [6, 6.07) is 6.01. The van der Waals surface area contributed by atoms with Gasteiger partial charge in [0.15, 0.2) is 5.82 Å². The fourth-order valence-corrected chi connectivity index (χ4v) is 4.77. The normalized spacial score (nSPS) is 18.5. The third-order valence-electron chi connectivity index (χ3n) is 6.90. The number of fused-ring (bicyclic) bond motifs is 2. The van der Waals surface area contributed by atoms with E-state index in [-0.39, 0.29) is 17.7 Å². The molecule has 3 aromatic heterocycles. The number of imidazole rings is 1. The maximum atomic E-state index is 13.1. The fourth-order valence-electron chi connectivity index (χ4n) is 4.77. The first-order valence-corrected chi connectivity index (χ1v) is 11.8. The van der Waals surface area contributed by atoms with Gasteiger partial charge < -0.3 is 19.4 Å². The Balaban J connectivity index is 1.23. The first-order chi connectivity index (χ1) is 16.1. The number of hydrogen-bond acceptors (Lipinski definition) is 5. The van der Waals surface area contributed by atoms with Gasteiger partial charge in [-0.1, -0.05) is 0 Å².